The molecule has 0 N–H and O–H groups in total. The Bertz CT molecular complexity index is 1410. The van der Waals surface area contributed by atoms with Crippen LogP contribution in [0.2, 0.25) is 0 Å². The molecule has 2 aromatic carbocycles. The molecule has 3 aromatic rings. The normalized spacial score (nSPS) is 15.1. The van der Waals surface area contributed by atoms with Gasteiger partial charge in [0.2, 0.25) is 5.75 Å². The molecule has 0 unspecified atom stereocenters. The second kappa shape index (κ2) is 11.6. The van der Waals surface area contributed by atoms with E-state index in [0.717, 1.165) is 32.1 Å². The van der Waals surface area contributed by atoms with Gasteiger partial charge in [-0.15, -0.1) is 0 Å². The lowest BCUT2D eigenvalue weighted by molar-refractivity contribution is -0.386. The summed E-state index contributed by atoms with van der Waals surface area (Å²) in [5, 5.41) is 16.7. The predicted octanol–water partition coefficient (Wildman–Crippen LogP) is 5.33. The summed E-state index contributed by atoms with van der Waals surface area (Å²) in [5.41, 5.74) is 0.335. The highest BCUT2D eigenvalue weighted by molar-refractivity contribution is 9.10. The number of fused-ring (bicyclic) bond motifs is 1. The molecule has 11 heteroatoms. The summed E-state index contributed by atoms with van der Waals surface area (Å²) in [4.78, 5) is 41.3. The maximum absolute atomic E-state index is 13.4. The molecular weight excluding hydrogens is 544 g/mol. The third-order valence-electron chi connectivity index (χ3n) is 6.23. The van der Waals surface area contributed by atoms with Crippen LogP contribution < -0.4 is 10.3 Å². The number of para-hydroxylation sites is 1. The molecule has 0 aliphatic heterocycles. The van der Waals surface area contributed by atoms with Crippen molar-refractivity contribution in [2.24, 2.45) is 5.10 Å². The van der Waals surface area contributed by atoms with Gasteiger partial charge in [0, 0.05) is 17.5 Å². The molecule has 10 nitrogen and oxygen atoms in total. The Hall–Kier alpha value is -3.60. The average molecular weight is 571 g/mol. The monoisotopic (exact) mass is 570 g/mol. The SMILES string of the molecule is CCOC(=O)[C@H](C)Oc1c(Br)cc(C=Nn2c(C3CCCCC3)nc3ccccc3c2=O)cc1[N+](=O)[O-]. The highest BCUT2D eigenvalue weighted by Crippen LogP contribution is 2.37. The zero-order chi connectivity index (χ0) is 26.5. The van der Waals surface area contributed by atoms with E-state index >= 15 is 0 Å². The van der Waals surface area contributed by atoms with Gasteiger partial charge in [0.25, 0.3) is 5.56 Å². The van der Waals surface area contributed by atoms with Crippen molar-refractivity contribution in [1.29, 1.82) is 0 Å². The van der Waals surface area contributed by atoms with Crippen LogP contribution in [0.3, 0.4) is 0 Å². The van der Waals surface area contributed by atoms with Gasteiger partial charge in [-0.05, 0) is 60.8 Å². The number of aromatic nitrogens is 2. The zero-order valence-corrected chi connectivity index (χ0v) is 22.1. The molecule has 1 saturated carbocycles. The summed E-state index contributed by atoms with van der Waals surface area (Å²) in [5.74, 6) is -0.0382. The number of carbonyl (C=O) groups excluding carboxylic acids is 1. The van der Waals surface area contributed by atoms with Crippen molar-refractivity contribution in [2.75, 3.05) is 6.61 Å². The number of ether oxygens (including phenoxy) is 2. The van der Waals surface area contributed by atoms with Crippen molar-refractivity contribution in [3.8, 4) is 5.75 Å². The lowest BCUT2D eigenvalue weighted by Gasteiger charge is -2.22. The van der Waals surface area contributed by atoms with Crippen LogP contribution in [0.4, 0.5) is 5.69 Å². The third kappa shape index (κ3) is 5.87. The largest absolute Gasteiger partial charge is 0.471 e. The number of hydrogen-bond acceptors (Lipinski definition) is 8. The number of carbonyl (C=O) groups is 1. The van der Waals surface area contributed by atoms with Crippen LogP contribution in [0.5, 0.6) is 5.75 Å². The van der Waals surface area contributed by atoms with Crippen LogP contribution in [0.15, 0.2) is 50.8 Å². The first-order chi connectivity index (χ1) is 17.8. The van der Waals surface area contributed by atoms with E-state index in [0.29, 0.717) is 22.3 Å². The fourth-order valence-electron chi connectivity index (χ4n) is 4.41. The van der Waals surface area contributed by atoms with Crippen LogP contribution in [-0.4, -0.2) is 39.5 Å². The Labute approximate surface area is 221 Å². The molecule has 1 atom stereocenters. The molecule has 37 heavy (non-hydrogen) atoms. The van der Waals surface area contributed by atoms with E-state index in [4.69, 9.17) is 14.5 Å². The molecule has 1 fully saturated rings. The summed E-state index contributed by atoms with van der Waals surface area (Å²) in [6.45, 7) is 3.28. The lowest BCUT2D eigenvalue weighted by atomic mass is 9.88. The minimum absolute atomic E-state index is 0.101. The number of nitrogens with zero attached hydrogens (tertiary/aromatic N) is 4. The smallest absolute Gasteiger partial charge is 0.347 e. The number of halogens is 1. The molecule has 0 radical (unpaired) electrons. The highest BCUT2D eigenvalue weighted by atomic mass is 79.9. The number of esters is 1. The van der Waals surface area contributed by atoms with Gasteiger partial charge in [-0.3, -0.25) is 14.9 Å². The molecular formula is C26H27BrN4O6. The molecule has 4 rings (SSSR count). The Morgan fingerprint density at radius 3 is 2.73 bits per heavy atom. The molecule has 0 amide bonds. The van der Waals surface area contributed by atoms with Gasteiger partial charge in [0.15, 0.2) is 6.10 Å². The van der Waals surface area contributed by atoms with Crippen molar-refractivity contribution in [3.05, 3.63) is 72.7 Å². The fourth-order valence-corrected chi connectivity index (χ4v) is 4.97. The topological polar surface area (TPSA) is 126 Å². The number of nitro groups is 1. The van der Waals surface area contributed by atoms with Crippen LogP contribution in [0, 0.1) is 10.1 Å². The van der Waals surface area contributed by atoms with Gasteiger partial charge in [-0.25, -0.2) is 9.78 Å². The number of nitro benzene ring substituents is 1. The van der Waals surface area contributed by atoms with Crippen LogP contribution >= 0.6 is 15.9 Å². The first-order valence-corrected chi connectivity index (χ1v) is 13.0. The van der Waals surface area contributed by atoms with Crippen LogP contribution in [0.25, 0.3) is 10.9 Å². The minimum Gasteiger partial charge on any atom is -0.471 e. The number of rotatable bonds is 8. The first kappa shape index (κ1) is 26.5. The van der Waals surface area contributed by atoms with E-state index in [-0.39, 0.29) is 34.0 Å². The quantitative estimate of drug-likeness (QED) is 0.155. The molecule has 1 aromatic heterocycles. The van der Waals surface area contributed by atoms with Gasteiger partial charge < -0.3 is 9.47 Å². The third-order valence-corrected chi connectivity index (χ3v) is 6.82. The standard InChI is InChI=1S/C26H27BrN4O6/c1-3-36-26(33)16(2)37-23-20(27)13-17(14-22(23)31(34)35)15-28-30-24(18-9-5-4-6-10-18)29-21-12-8-7-11-19(21)25(30)32/h7-8,11-16,18H,3-6,9-10H2,1-2H3/t16-/m0/s1. The maximum atomic E-state index is 13.4. The predicted molar refractivity (Wildman–Crippen MR) is 142 cm³/mol. The van der Waals surface area contributed by atoms with Gasteiger partial charge in [0.1, 0.15) is 5.82 Å². The molecule has 1 aliphatic rings. The van der Waals surface area contributed by atoms with E-state index in [9.17, 15) is 19.7 Å². The van der Waals surface area contributed by atoms with Gasteiger partial charge in [-0.1, -0.05) is 31.4 Å². The molecule has 0 bridgehead atoms. The van der Waals surface area contributed by atoms with E-state index in [2.05, 4.69) is 21.0 Å². The van der Waals surface area contributed by atoms with Crippen LogP contribution in [-0.2, 0) is 9.53 Å². The Morgan fingerprint density at radius 1 is 1.30 bits per heavy atom. The van der Waals surface area contributed by atoms with E-state index in [1.165, 1.54) is 23.9 Å². The summed E-state index contributed by atoms with van der Waals surface area (Å²) >= 11 is 3.31. The average Bonchev–Trinajstić information content (AvgIpc) is 2.89. The Kier molecular flexibility index (Phi) is 8.32. The number of benzene rings is 2. The van der Waals surface area contributed by atoms with Crippen molar-refractivity contribution in [2.45, 2.75) is 58.0 Å². The number of hydrogen-bond donors (Lipinski definition) is 0. The maximum Gasteiger partial charge on any atom is 0.347 e. The minimum atomic E-state index is -1.05. The summed E-state index contributed by atoms with van der Waals surface area (Å²) in [6.07, 6.45) is 5.45. The molecule has 1 aliphatic carbocycles. The highest BCUT2D eigenvalue weighted by Gasteiger charge is 2.26. The van der Waals surface area contributed by atoms with Crippen molar-refractivity contribution >= 4 is 44.7 Å². The Morgan fingerprint density at radius 2 is 2.03 bits per heavy atom. The second-order valence-electron chi connectivity index (χ2n) is 8.80. The second-order valence-corrected chi connectivity index (χ2v) is 9.66. The van der Waals surface area contributed by atoms with Crippen molar-refractivity contribution in [3.63, 3.8) is 0 Å². The van der Waals surface area contributed by atoms with Gasteiger partial charge >= 0.3 is 11.7 Å². The fraction of sp³-hybridized carbons (Fsp3) is 0.385. The van der Waals surface area contributed by atoms with Gasteiger partial charge in [0.05, 0.1) is 33.1 Å². The summed E-state index contributed by atoms with van der Waals surface area (Å²) in [7, 11) is 0. The van der Waals surface area contributed by atoms with E-state index < -0.39 is 17.0 Å². The van der Waals surface area contributed by atoms with E-state index in [1.807, 2.05) is 12.1 Å². The lowest BCUT2D eigenvalue weighted by Crippen LogP contribution is -2.26. The molecule has 1 heterocycles. The molecule has 0 saturated heterocycles. The molecule has 194 valence electrons. The van der Waals surface area contributed by atoms with Crippen LogP contribution in [0.1, 0.15) is 63.3 Å². The van der Waals surface area contributed by atoms with Gasteiger partial charge in [-0.2, -0.15) is 9.78 Å². The van der Waals surface area contributed by atoms with Crippen molar-refractivity contribution in [1.82, 2.24) is 9.66 Å². The summed E-state index contributed by atoms with van der Waals surface area (Å²) < 4.78 is 12.1. The zero-order valence-electron chi connectivity index (χ0n) is 20.6. The first-order valence-electron chi connectivity index (χ1n) is 12.2. The molecule has 0 spiro atoms. The Balaban J connectivity index is 1.74. The van der Waals surface area contributed by atoms with E-state index in [1.54, 1.807) is 25.1 Å². The summed E-state index contributed by atoms with van der Waals surface area (Å²) in [6, 6.07) is 9.99. The van der Waals surface area contributed by atoms with Crippen molar-refractivity contribution < 1.29 is 19.2 Å².